The summed E-state index contributed by atoms with van der Waals surface area (Å²) in [4.78, 5) is 0. The van der Waals surface area contributed by atoms with Crippen LogP contribution in [0.15, 0.2) is 0 Å². The highest BCUT2D eigenvalue weighted by Crippen LogP contribution is 2.26. The van der Waals surface area contributed by atoms with Gasteiger partial charge in [0.1, 0.15) is 5.72 Å². The van der Waals surface area contributed by atoms with Gasteiger partial charge in [0, 0.05) is 7.11 Å². The SMILES string of the molecule is COCCOC1(N)CCCCC1. The Balaban J connectivity index is 2.17. The van der Waals surface area contributed by atoms with E-state index < -0.39 is 0 Å². The Morgan fingerprint density at radius 2 is 1.83 bits per heavy atom. The van der Waals surface area contributed by atoms with Crippen LogP contribution < -0.4 is 5.73 Å². The van der Waals surface area contributed by atoms with Crippen molar-refractivity contribution in [3.05, 3.63) is 0 Å². The third-order valence-corrected chi connectivity index (χ3v) is 2.38. The zero-order valence-corrected chi connectivity index (χ0v) is 7.84. The first kappa shape index (κ1) is 9.96. The van der Waals surface area contributed by atoms with Gasteiger partial charge in [-0.25, -0.2) is 0 Å². The summed E-state index contributed by atoms with van der Waals surface area (Å²) in [5.41, 5.74) is 5.67. The third kappa shape index (κ3) is 3.09. The molecule has 3 nitrogen and oxygen atoms in total. The van der Waals surface area contributed by atoms with Crippen LogP contribution in [0.3, 0.4) is 0 Å². The van der Waals surface area contributed by atoms with Crippen LogP contribution in [-0.4, -0.2) is 26.0 Å². The van der Waals surface area contributed by atoms with Crippen molar-refractivity contribution in [1.82, 2.24) is 0 Å². The predicted molar refractivity (Wildman–Crippen MR) is 47.8 cm³/mol. The summed E-state index contributed by atoms with van der Waals surface area (Å²) in [6.07, 6.45) is 5.69. The maximum atomic E-state index is 6.02. The molecule has 0 saturated heterocycles. The summed E-state index contributed by atoms with van der Waals surface area (Å²) in [6, 6.07) is 0. The van der Waals surface area contributed by atoms with Crippen LogP contribution in [0.25, 0.3) is 0 Å². The lowest BCUT2D eigenvalue weighted by Gasteiger charge is -2.33. The van der Waals surface area contributed by atoms with Gasteiger partial charge >= 0.3 is 0 Å². The van der Waals surface area contributed by atoms with Crippen LogP contribution in [-0.2, 0) is 9.47 Å². The lowest BCUT2D eigenvalue weighted by Crippen LogP contribution is -2.45. The minimum atomic E-state index is -0.350. The minimum Gasteiger partial charge on any atom is -0.382 e. The Bertz CT molecular complexity index is 122. The molecule has 0 heterocycles. The first-order chi connectivity index (χ1) is 5.77. The molecule has 0 atom stereocenters. The van der Waals surface area contributed by atoms with Gasteiger partial charge in [-0.2, -0.15) is 0 Å². The Morgan fingerprint density at radius 1 is 1.17 bits per heavy atom. The Morgan fingerprint density at radius 3 is 2.42 bits per heavy atom. The van der Waals surface area contributed by atoms with Gasteiger partial charge in [0.15, 0.2) is 0 Å². The first-order valence-corrected chi connectivity index (χ1v) is 4.69. The molecule has 0 aromatic heterocycles. The van der Waals surface area contributed by atoms with E-state index in [1.54, 1.807) is 7.11 Å². The van der Waals surface area contributed by atoms with Crippen LogP contribution in [0.2, 0.25) is 0 Å². The molecule has 0 unspecified atom stereocenters. The summed E-state index contributed by atoms with van der Waals surface area (Å²) >= 11 is 0. The van der Waals surface area contributed by atoms with Gasteiger partial charge in [0.2, 0.25) is 0 Å². The van der Waals surface area contributed by atoms with E-state index in [9.17, 15) is 0 Å². The maximum Gasteiger partial charge on any atom is 0.116 e. The molecular formula is C9H19NO2. The van der Waals surface area contributed by atoms with Gasteiger partial charge in [-0.05, 0) is 25.7 Å². The number of ether oxygens (including phenoxy) is 2. The van der Waals surface area contributed by atoms with Gasteiger partial charge in [0.25, 0.3) is 0 Å². The smallest absolute Gasteiger partial charge is 0.116 e. The average molecular weight is 173 g/mol. The standard InChI is InChI=1S/C9H19NO2/c1-11-7-8-12-9(10)5-3-2-4-6-9/h2-8,10H2,1H3. The second-order valence-corrected chi connectivity index (χ2v) is 3.47. The van der Waals surface area contributed by atoms with Crippen molar-refractivity contribution in [3.8, 4) is 0 Å². The fraction of sp³-hybridized carbons (Fsp3) is 1.00. The molecule has 1 saturated carbocycles. The minimum absolute atomic E-state index is 0.350. The number of hydrogen-bond acceptors (Lipinski definition) is 3. The molecule has 2 N–H and O–H groups in total. The number of rotatable bonds is 4. The van der Waals surface area contributed by atoms with Gasteiger partial charge < -0.3 is 15.2 Å². The van der Waals surface area contributed by atoms with Crippen molar-refractivity contribution in [2.24, 2.45) is 5.73 Å². The second kappa shape index (κ2) is 4.80. The number of methoxy groups -OCH3 is 1. The van der Waals surface area contributed by atoms with E-state index in [4.69, 9.17) is 15.2 Å². The Labute approximate surface area is 74.2 Å². The van der Waals surface area contributed by atoms with Crippen molar-refractivity contribution in [3.63, 3.8) is 0 Å². The van der Waals surface area contributed by atoms with Crippen LogP contribution >= 0.6 is 0 Å². The Kier molecular flexibility index (Phi) is 3.98. The first-order valence-electron chi connectivity index (χ1n) is 4.69. The van der Waals surface area contributed by atoms with Crippen LogP contribution in [0.1, 0.15) is 32.1 Å². The molecule has 1 aliphatic carbocycles. The highest BCUT2D eigenvalue weighted by Gasteiger charge is 2.27. The highest BCUT2D eigenvalue weighted by atomic mass is 16.5. The normalized spacial score (nSPS) is 22.5. The van der Waals surface area contributed by atoms with Crippen LogP contribution in [0.4, 0.5) is 0 Å². The molecular weight excluding hydrogens is 154 g/mol. The van der Waals surface area contributed by atoms with E-state index in [-0.39, 0.29) is 5.72 Å². The van der Waals surface area contributed by atoms with Gasteiger partial charge in [0.05, 0.1) is 13.2 Å². The average Bonchev–Trinajstić information content (AvgIpc) is 2.06. The van der Waals surface area contributed by atoms with E-state index in [1.807, 2.05) is 0 Å². The van der Waals surface area contributed by atoms with Crippen molar-refractivity contribution in [2.75, 3.05) is 20.3 Å². The largest absolute Gasteiger partial charge is 0.382 e. The topological polar surface area (TPSA) is 44.5 Å². The summed E-state index contributed by atoms with van der Waals surface area (Å²) in [5.74, 6) is 0. The monoisotopic (exact) mass is 173 g/mol. The van der Waals surface area contributed by atoms with Crippen molar-refractivity contribution >= 4 is 0 Å². The van der Waals surface area contributed by atoms with E-state index in [0.717, 1.165) is 12.8 Å². The summed E-state index contributed by atoms with van der Waals surface area (Å²) in [7, 11) is 1.67. The van der Waals surface area contributed by atoms with Gasteiger partial charge in [-0.15, -0.1) is 0 Å². The predicted octanol–water partition coefficient (Wildman–Crippen LogP) is 1.27. The number of hydrogen-bond donors (Lipinski definition) is 1. The molecule has 3 heteroatoms. The summed E-state index contributed by atoms with van der Waals surface area (Å²) in [5, 5.41) is 0. The fourth-order valence-corrected chi connectivity index (χ4v) is 1.62. The third-order valence-electron chi connectivity index (χ3n) is 2.38. The molecule has 12 heavy (non-hydrogen) atoms. The van der Waals surface area contributed by atoms with Crippen LogP contribution in [0, 0.1) is 0 Å². The molecule has 0 radical (unpaired) electrons. The molecule has 0 aromatic rings. The molecule has 0 amide bonds. The number of nitrogens with two attached hydrogens (primary N) is 1. The molecule has 72 valence electrons. The van der Waals surface area contributed by atoms with E-state index in [2.05, 4.69) is 0 Å². The van der Waals surface area contributed by atoms with E-state index in [0.29, 0.717) is 13.2 Å². The Hall–Kier alpha value is -0.120. The zero-order chi connectivity index (χ0) is 8.86. The zero-order valence-electron chi connectivity index (χ0n) is 7.84. The molecule has 0 bridgehead atoms. The molecule has 0 aromatic carbocycles. The molecule has 1 rings (SSSR count). The highest BCUT2D eigenvalue weighted by molar-refractivity contribution is 4.77. The molecule has 0 spiro atoms. The summed E-state index contributed by atoms with van der Waals surface area (Å²) in [6.45, 7) is 1.26. The van der Waals surface area contributed by atoms with E-state index >= 15 is 0 Å². The van der Waals surface area contributed by atoms with Crippen molar-refractivity contribution < 1.29 is 9.47 Å². The molecule has 1 fully saturated rings. The van der Waals surface area contributed by atoms with Crippen molar-refractivity contribution in [1.29, 1.82) is 0 Å². The maximum absolute atomic E-state index is 6.02. The second-order valence-electron chi connectivity index (χ2n) is 3.47. The quantitative estimate of drug-likeness (QED) is 0.514. The summed E-state index contributed by atoms with van der Waals surface area (Å²) < 4.78 is 10.5. The molecule has 1 aliphatic rings. The van der Waals surface area contributed by atoms with Crippen molar-refractivity contribution in [2.45, 2.75) is 37.8 Å². The molecule has 0 aliphatic heterocycles. The lowest BCUT2D eigenvalue weighted by atomic mass is 9.92. The van der Waals surface area contributed by atoms with Gasteiger partial charge in [-0.3, -0.25) is 0 Å². The van der Waals surface area contributed by atoms with E-state index in [1.165, 1.54) is 19.3 Å². The fourth-order valence-electron chi connectivity index (χ4n) is 1.62. The van der Waals surface area contributed by atoms with Crippen LogP contribution in [0.5, 0.6) is 0 Å². The van der Waals surface area contributed by atoms with Gasteiger partial charge in [-0.1, -0.05) is 6.42 Å². The lowest BCUT2D eigenvalue weighted by molar-refractivity contribution is -0.0800.